The van der Waals surface area contributed by atoms with E-state index in [4.69, 9.17) is 4.74 Å². The van der Waals surface area contributed by atoms with E-state index in [1.54, 1.807) is 6.33 Å². The molecular weight excluding hydrogens is 442 g/mol. The summed E-state index contributed by atoms with van der Waals surface area (Å²) in [4.78, 5) is 18.5. The highest BCUT2D eigenvalue weighted by Gasteiger charge is 2.18. The maximum absolute atomic E-state index is 11.4. The van der Waals surface area contributed by atoms with E-state index < -0.39 is 5.76 Å². The van der Waals surface area contributed by atoms with Crippen molar-refractivity contribution in [2.45, 2.75) is 31.8 Å². The molecule has 1 aliphatic carbocycles. The number of aromatic nitrogens is 4. The van der Waals surface area contributed by atoms with Gasteiger partial charge in [0.1, 0.15) is 18.1 Å². The lowest BCUT2D eigenvalue weighted by Gasteiger charge is -2.15. The van der Waals surface area contributed by atoms with Crippen LogP contribution in [0.1, 0.15) is 31.2 Å². The third kappa shape index (κ3) is 3.97. The van der Waals surface area contributed by atoms with Gasteiger partial charge < -0.3 is 4.74 Å². The second-order valence-corrected chi connectivity index (χ2v) is 8.66. The molecule has 172 valence electrons. The molecule has 0 atom stereocenters. The predicted octanol–water partition coefficient (Wildman–Crippen LogP) is 5.23. The van der Waals surface area contributed by atoms with Gasteiger partial charge in [-0.15, -0.1) is 0 Å². The molecule has 1 N–H and O–H groups in total. The molecule has 35 heavy (non-hydrogen) atoms. The van der Waals surface area contributed by atoms with Gasteiger partial charge in [0.2, 0.25) is 0 Å². The Balaban J connectivity index is 1.36. The minimum absolute atomic E-state index is 0.200. The summed E-state index contributed by atoms with van der Waals surface area (Å²) in [5.41, 5.74) is 5.77. The van der Waals surface area contributed by atoms with Gasteiger partial charge in [0.25, 0.3) is 0 Å². The van der Waals surface area contributed by atoms with Gasteiger partial charge in [-0.1, -0.05) is 23.4 Å². The van der Waals surface area contributed by atoms with Crippen LogP contribution in [0.5, 0.6) is 5.75 Å². The highest BCUT2D eigenvalue weighted by atomic mass is 16.5. The normalized spacial score (nSPS) is 13.8. The second kappa shape index (κ2) is 8.61. The summed E-state index contributed by atoms with van der Waals surface area (Å²) in [6, 6.07) is 21.7. The number of aromatic amines is 1. The fourth-order valence-corrected chi connectivity index (χ4v) is 4.64. The maximum atomic E-state index is 11.4. The van der Waals surface area contributed by atoms with Crippen molar-refractivity contribution < 1.29 is 9.26 Å². The monoisotopic (exact) mass is 463 g/mol. The molecule has 0 bridgehead atoms. The van der Waals surface area contributed by atoms with E-state index in [1.165, 1.54) is 12.8 Å². The van der Waals surface area contributed by atoms with E-state index >= 15 is 0 Å². The van der Waals surface area contributed by atoms with Crippen molar-refractivity contribution in [2.75, 3.05) is 0 Å². The number of nitriles is 1. The van der Waals surface area contributed by atoms with Crippen molar-refractivity contribution in [2.24, 2.45) is 0 Å². The molecule has 0 unspecified atom stereocenters. The average molecular weight is 463 g/mol. The molecule has 0 saturated heterocycles. The Labute approximate surface area is 200 Å². The van der Waals surface area contributed by atoms with Crippen LogP contribution in [-0.4, -0.2) is 25.8 Å². The lowest BCUT2D eigenvalue weighted by molar-refractivity contribution is 0.209. The summed E-state index contributed by atoms with van der Waals surface area (Å²) in [7, 11) is 0. The Morgan fingerprint density at radius 1 is 1.03 bits per heavy atom. The molecule has 0 amide bonds. The molecule has 1 aliphatic rings. The second-order valence-electron chi connectivity index (χ2n) is 8.66. The smallest absolute Gasteiger partial charge is 0.439 e. The van der Waals surface area contributed by atoms with E-state index in [9.17, 15) is 10.1 Å². The van der Waals surface area contributed by atoms with Gasteiger partial charge in [-0.2, -0.15) is 5.26 Å². The number of rotatable bonds is 5. The number of imidazole rings is 1. The zero-order chi connectivity index (χ0) is 23.8. The first-order chi connectivity index (χ1) is 17.2. The zero-order valence-electron chi connectivity index (χ0n) is 18.8. The van der Waals surface area contributed by atoms with E-state index in [1.807, 2.05) is 59.2 Å². The molecular formula is C27H21N5O3. The van der Waals surface area contributed by atoms with Crippen LogP contribution in [0.25, 0.3) is 39.2 Å². The van der Waals surface area contributed by atoms with Gasteiger partial charge in [-0.05, 0) is 79.3 Å². The molecule has 0 radical (unpaired) electrons. The van der Waals surface area contributed by atoms with Crippen molar-refractivity contribution in [1.29, 1.82) is 5.26 Å². The summed E-state index contributed by atoms with van der Waals surface area (Å²) in [5, 5.41) is 13.5. The Kier molecular flexibility index (Phi) is 5.15. The molecule has 1 saturated carbocycles. The van der Waals surface area contributed by atoms with Crippen LogP contribution >= 0.6 is 0 Å². The van der Waals surface area contributed by atoms with Crippen LogP contribution in [0.4, 0.5) is 0 Å². The summed E-state index contributed by atoms with van der Waals surface area (Å²) >= 11 is 0. The number of H-pyrrole nitrogens is 1. The van der Waals surface area contributed by atoms with Gasteiger partial charge in [-0.3, -0.25) is 14.1 Å². The number of nitrogens with one attached hydrogen (secondary N) is 1. The molecule has 8 nitrogen and oxygen atoms in total. The third-order valence-corrected chi connectivity index (χ3v) is 6.41. The molecule has 1 fully saturated rings. The topological polar surface area (TPSA) is 110 Å². The largest absolute Gasteiger partial charge is 0.489 e. The van der Waals surface area contributed by atoms with Crippen LogP contribution in [0.2, 0.25) is 0 Å². The molecule has 6 rings (SSSR count). The minimum Gasteiger partial charge on any atom is -0.489 e. The third-order valence-electron chi connectivity index (χ3n) is 6.41. The van der Waals surface area contributed by atoms with Crippen molar-refractivity contribution >= 4 is 11.0 Å². The molecule has 2 heterocycles. The van der Waals surface area contributed by atoms with Crippen LogP contribution in [0, 0.1) is 11.3 Å². The first-order valence-electron chi connectivity index (χ1n) is 11.5. The predicted molar refractivity (Wildman–Crippen MR) is 130 cm³/mol. The van der Waals surface area contributed by atoms with E-state index in [-0.39, 0.29) is 6.10 Å². The Hall–Kier alpha value is -4.64. The molecule has 3 aromatic carbocycles. The zero-order valence-corrected chi connectivity index (χ0v) is 18.8. The van der Waals surface area contributed by atoms with Gasteiger partial charge >= 0.3 is 5.76 Å². The Morgan fingerprint density at radius 2 is 1.86 bits per heavy atom. The fraction of sp³-hybridized carbons (Fsp3) is 0.185. The SMILES string of the molecule is N#Cc1cc(-c2cccc(-n3cnc4ccc(-c5noc(=O)[nH]5)cc43)c2)ccc1OC1CCCC1. The lowest BCUT2D eigenvalue weighted by atomic mass is 10.0. The van der Waals surface area contributed by atoms with Crippen molar-refractivity contribution in [1.82, 2.24) is 19.7 Å². The van der Waals surface area contributed by atoms with Gasteiger partial charge in [0.15, 0.2) is 5.82 Å². The quantitative estimate of drug-likeness (QED) is 0.382. The highest BCUT2D eigenvalue weighted by molar-refractivity contribution is 5.82. The maximum Gasteiger partial charge on any atom is 0.439 e. The summed E-state index contributed by atoms with van der Waals surface area (Å²) in [6.07, 6.45) is 6.41. The number of hydrogen-bond acceptors (Lipinski definition) is 6. The highest BCUT2D eigenvalue weighted by Crippen LogP contribution is 2.31. The van der Waals surface area contributed by atoms with Crippen molar-refractivity contribution in [3.8, 4) is 40.0 Å². The summed E-state index contributed by atoms with van der Waals surface area (Å²) < 4.78 is 12.7. The molecule has 2 aromatic heterocycles. The number of hydrogen-bond donors (Lipinski definition) is 1. The van der Waals surface area contributed by atoms with Crippen LogP contribution in [0.15, 0.2) is 76.3 Å². The minimum atomic E-state index is -0.599. The number of nitrogens with zero attached hydrogens (tertiary/aromatic N) is 4. The van der Waals surface area contributed by atoms with Gasteiger partial charge in [0.05, 0.1) is 22.7 Å². The number of fused-ring (bicyclic) bond motifs is 1. The molecule has 8 heteroatoms. The van der Waals surface area contributed by atoms with Crippen LogP contribution in [-0.2, 0) is 0 Å². The number of ether oxygens (including phenoxy) is 1. The Morgan fingerprint density at radius 3 is 2.66 bits per heavy atom. The van der Waals surface area contributed by atoms with Gasteiger partial charge in [-0.25, -0.2) is 9.78 Å². The molecule has 5 aromatic rings. The van der Waals surface area contributed by atoms with E-state index in [2.05, 4.69) is 31.8 Å². The molecule has 0 aliphatic heterocycles. The molecule has 0 spiro atoms. The summed E-state index contributed by atoms with van der Waals surface area (Å²) in [6.45, 7) is 0. The standard InChI is InChI=1S/C27H21N5O3/c28-15-20-12-18(9-11-25(20)34-22-6-1-2-7-22)17-4-3-5-21(13-17)32-16-29-23-10-8-19(14-24(23)32)26-30-27(33)35-31-26/h3-5,8-14,16,22H,1-2,6-7H2,(H,30,31,33). The van der Waals surface area contributed by atoms with Gasteiger partial charge in [0, 0.05) is 11.3 Å². The lowest BCUT2D eigenvalue weighted by Crippen LogP contribution is -2.11. The summed E-state index contributed by atoms with van der Waals surface area (Å²) in [5.74, 6) is 0.415. The van der Waals surface area contributed by atoms with Crippen LogP contribution < -0.4 is 10.5 Å². The van der Waals surface area contributed by atoms with Crippen LogP contribution in [0.3, 0.4) is 0 Å². The van der Waals surface area contributed by atoms with E-state index in [0.29, 0.717) is 17.1 Å². The van der Waals surface area contributed by atoms with Crippen molar-refractivity contribution in [3.63, 3.8) is 0 Å². The first kappa shape index (κ1) is 20.9. The number of benzene rings is 3. The Bertz CT molecular complexity index is 1630. The first-order valence-corrected chi connectivity index (χ1v) is 11.5. The van der Waals surface area contributed by atoms with E-state index in [0.717, 1.165) is 46.3 Å². The average Bonchev–Trinajstić information content (AvgIpc) is 3.65. The fourth-order valence-electron chi connectivity index (χ4n) is 4.64. The van der Waals surface area contributed by atoms with Crippen molar-refractivity contribution in [3.05, 3.63) is 83.1 Å².